The molecule has 4 aromatic rings. The van der Waals surface area contributed by atoms with Crippen molar-refractivity contribution in [1.82, 2.24) is 8.65 Å². The summed E-state index contributed by atoms with van der Waals surface area (Å²) in [6.45, 7) is 1.45. The van der Waals surface area contributed by atoms with E-state index in [2.05, 4.69) is 0 Å². The molecule has 2 N–H and O–H groups in total. The van der Waals surface area contributed by atoms with Crippen LogP contribution in [0.3, 0.4) is 0 Å². The van der Waals surface area contributed by atoms with Gasteiger partial charge in [-0.3, -0.25) is 9.59 Å². The van der Waals surface area contributed by atoms with E-state index in [9.17, 15) is 22.8 Å². The van der Waals surface area contributed by atoms with Gasteiger partial charge in [-0.2, -0.15) is 4.68 Å². The van der Waals surface area contributed by atoms with E-state index >= 15 is 0 Å². The molecule has 1 aromatic heterocycles. The lowest BCUT2D eigenvalue weighted by atomic mass is 10.2. The zero-order valence-corrected chi connectivity index (χ0v) is 20.5. The molecule has 180 valence electrons. The van der Waals surface area contributed by atoms with Crippen molar-refractivity contribution in [1.29, 1.82) is 0 Å². The van der Waals surface area contributed by atoms with Crippen LogP contribution in [-0.2, 0) is 21.4 Å². The summed E-state index contributed by atoms with van der Waals surface area (Å²) in [5.41, 5.74) is 4.25. The summed E-state index contributed by atoms with van der Waals surface area (Å²) in [7, 11) is -4.67. The largest absolute Gasteiger partial charge is 0.365 e. The number of amides is 1. The van der Waals surface area contributed by atoms with Crippen LogP contribution in [0.15, 0.2) is 81.2 Å². The van der Waals surface area contributed by atoms with Gasteiger partial charge >= 0.3 is 5.69 Å². The highest BCUT2D eigenvalue weighted by Crippen LogP contribution is 2.22. The van der Waals surface area contributed by atoms with Crippen molar-refractivity contribution in [3.05, 3.63) is 103 Å². The molecule has 0 bridgehead atoms. The van der Waals surface area contributed by atoms with Crippen LogP contribution < -0.4 is 22.0 Å². The Morgan fingerprint density at radius 1 is 0.943 bits per heavy atom. The Morgan fingerprint density at radius 2 is 1.54 bits per heavy atom. The van der Waals surface area contributed by atoms with Crippen LogP contribution in [0.4, 0.5) is 5.69 Å². The van der Waals surface area contributed by atoms with Gasteiger partial charge in [-0.15, -0.1) is 3.97 Å². The first kappa shape index (κ1) is 24.7. The molecule has 1 amide bonds. The Bertz CT molecular complexity index is 1680. The molecule has 0 spiro atoms. The number of nitrogens with zero attached hydrogens (tertiary/aromatic N) is 3. The zero-order valence-electron chi connectivity index (χ0n) is 18.2. The molecular formula is C23H18Cl2N4O5S. The van der Waals surface area contributed by atoms with Crippen LogP contribution >= 0.6 is 23.2 Å². The monoisotopic (exact) mass is 532 g/mol. The summed E-state index contributed by atoms with van der Waals surface area (Å²) in [5, 5.41) is 1.27. The standard InChI is InChI=1S/C23H18Cl2N4O5S/c1-14(30)27(18-7-2-15(13-26)3-8-18)28-21-12-17(25)6-11-20(21)22(31)29(23(28)32)35(33,34)19-9-4-16(24)5-10-19/h2-12H,13,26H2,1H3. The van der Waals surface area contributed by atoms with E-state index in [1.54, 1.807) is 24.3 Å². The van der Waals surface area contributed by atoms with E-state index < -0.39 is 27.2 Å². The number of halogens is 2. The Labute approximate surface area is 209 Å². The number of aromatic nitrogens is 2. The van der Waals surface area contributed by atoms with Crippen LogP contribution in [0.1, 0.15) is 12.5 Å². The van der Waals surface area contributed by atoms with Gasteiger partial charge in [0.25, 0.3) is 15.6 Å². The van der Waals surface area contributed by atoms with Crippen LogP contribution in [0.5, 0.6) is 0 Å². The fourth-order valence-corrected chi connectivity index (χ4v) is 5.16. The minimum Gasteiger partial charge on any atom is -0.326 e. The number of carbonyl (C=O) groups is 1. The maximum absolute atomic E-state index is 13.7. The lowest BCUT2D eigenvalue weighted by molar-refractivity contribution is -0.117. The Hall–Kier alpha value is -3.44. The van der Waals surface area contributed by atoms with Gasteiger partial charge in [-0.25, -0.2) is 18.2 Å². The molecule has 0 saturated carbocycles. The highest BCUT2D eigenvalue weighted by molar-refractivity contribution is 7.90. The summed E-state index contributed by atoms with van der Waals surface area (Å²) in [5.74, 6) is -0.622. The SMILES string of the molecule is CC(=O)N(c1ccc(CN)cc1)n1c(=O)n(S(=O)(=O)c2ccc(Cl)cc2)c(=O)c2ccc(Cl)cc21. The topological polar surface area (TPSA) is 124 Å². The smallest absolute Gasteiger partial charge is 0.326 e. The van der Waals surface area contributed by atoms with Crippen molar-refractivity contribution >= 4 is 55.7 Å². The molecule has 0 aliphatic carbocycles. The van der Waals surface area contributed by atoms with Crippen LogP contribution in [0, 0.1) is 0 Å². The molecule has 9 nitrogen and oxygen atoms in total. The van der Waals surface area contributed by atoms with Gasteiger partial charge in [0.15, 0.2) is 0 Å². The fourth-order valence-electron chi connectivity index (χ4n) is 3.57. The Balaban J connectivity index is 2.13. The first-order chi connectivity index (χ1) is 16.6. The molecule has 0 atom stereocenters. The number of rotatable bonds is 5. The number of hydrogen-bond acceptors (Lipinski definition) is 6. The van der Waals surface area contributed by atoms with Gasteiger partial charge in [0.2, 0.25) is 5.91 Å². The van der Waals surface area contributed by atoms with E-state index in [-0.39, 0.29) is 42.0 Å². The lowest BCUT2D eigenvalue weighted by Crippen LogP contribution is -2.51. The highest BCUT2D eigenvalue weighted by atomic mass is 35.5. The Kier molecular flexibility index (Phi) is 6.56. The Morgan fingerprint density at radius 3 is 2.11 bits per heavy atom. The number of hydrogen-bond donors (Lipinski definition) is 1. The van der Waals surface area contributed by atoms with Crippen molar-refractivity contribution in [2.45, 2.75) is 18.4 Å². The summed E-state index contributed by atoms with van der Waals surface area (Å²) in [4.78, 5) is 39.5. The molecule has 3 aromatic carbocycles. The predicted molar refractivity (Wildman–Crippen MR) is 134 cm³/mol. The molecule has 1 heterocycles. The van der Waals surface area contributed by atoms with Gasteiger partial charge in [-0.05, 0) is 60.2 Å². The molecule has 0 unspecified atom stereocenters. The van der Waals surface area contributed by atoms with Crippen molar-refractivity contribution < 1.29 is 13.2 Å². The van der Waals surface area contributed by atoms with Crippen LogP contribution in [0.25, 0.3) is 10.9 Å². The van der Waals surface area contributed by atoms with E-state index in [1.165, 1.54) is 49.4 Å². The lowest BCUT2D eigenvalue weighted by Gasteiger charge is -2.25. The van der Waals surface area contributed by atoms with Crippen molar-refractivity contribution in [3.63, 3.8) is 0 Å². The third-order valence-electron chi connectivity index (χ3n) is 5.22. The average Bonchev–Trinajstić information content (AvgIpc) is 2.81. The molecule has 0 fully saturated rings. The van der Waals surface area contributed by atoms with Gasteiger partial charge in [0.05, 0.1) is 21.5 Å². The molecule has 4 rings (SSSR count). The van der Waals surface area contributed by atoms with E-state index in [1.807, 2.05) is 0 Å². The second-order valence-corrected chi connectivity index (χ2v) is 10.1. The van der Waals surface area contributed by atoms with Crippen LogP contribution in [-0.4, -0.2) is 23.0 Å². The van der Waals surface area contributed by atoms with Crippen molar-refractivity contribution in [2.75, 3.05) is 5.01 Å². The minimum atomic E-state index is -4.67. The van der Waals surface area contributed by atoms with E-state index in [0.29, 0.717) is 0 Å². The normalized spacial score (nSPS) is 11.5. The molecule has 0 aliphatic rings. The van der Waals surface area contributed by atoms with Crippen molar-refractivity contribution in [3.8, 4) is 0 Å². The maximum atomic E-state index is 13.7. The van der Waals surface area contributed by atoms with Crippen molar-refractivity contribution in [2.24, 2.45) is 5.73 Å². The third-order valence-corrected chi connectivity index (χ3v) is 7.38. The number of anilines is 1. The van der Waals surface area contributed by atoms with Gasteiger partial charge in [-0.1, -0.05) is 35.3 Å². The molecule has 0 radical (unpaired) electrons. The molecule has 0 saturated heterocycles. The number of benzene rings is 3. The second kappa shape index (κ2) is 9.31. The average molecular weight is 533 g/mol. The number of fused-ring (bicyclic) bond motifs is 1. The zero-order chi connectivity index (χ0) is 25.5. The number of carbonyl (C=O) groups excluding carboxylic acids is 1. The van der Waals surface area contributed by atoms with Crippen LogP contribution in [0.2, 0.25) is 10.0 Å². The first-order valence-electron chi connectivity index (χ1n) is 10.1. The van der Waals surface area contributed by atoms with E-state index in [4.69, 9.17) is 28.9 Å². The quantitative estimate of drug-likeness (QED) is 0.421. The number of nitrogens with two attached hydrogens (primary N) is 1. The van der Waals surface area contributed by atoms with Gasteiger partial charge < -0.3 is 5.73 Å². The molecular weight excluding hydrogens is 515 g/mol. The minimum absolute atomic E-state index is 0.0480. The highest BCUT2D eigenvalue weighted by Gasteiger charge is 2.29. The molecule has 12 heteroatoms. The summed E-state index contributed by atoms with van der Waals surface area (Å²) in [6, 6.07) is 15.4. The van der Waals surface area contributed by atoms with Gasteiger partial charge in [0, 0.05) is 23.5 Å². The second-order valence-electron chi connectivity index (χ2n) is 7.49. The van der Waals surface area contributed by atoms with Gasteiger partial charge in [0.1, 0.15) is 0 Å². The predicted octanol–water partition coefficient (Wildman–Crippen LogP) is 2.98. The first-order valence-corrected chi connectivity index (χ1v) is 12.3. The van der Waals surface area contributed by atoms with E-state index in [0.717, 1.165) is 15.2 Å². The summed E-state index contributed by atoms with van der Waals surface area (Å²) in [6.07, 6.45) is 0. The maximum Gasteiger partial charge on any atom is 0.365 e. The summed E-state index contributed by atoms with van der Waals surface area (Å²) < 4.78 is 27.8. The molecule has 35 heavy (non-hydrogen) atoms. The summed E-state index contributed by atoms with van der Waals surface area (Å²) >= 11 is 12.0. The molecule has 0 aliphatic heterocycles. The fraction of sp³-hybridized carbons (Fsp3) is 0.0870. The third kappa shape index (κ3) is 4.37.